The molecule has 0 amide bonds. The highest BCUT2D eigenvalue weighted by Gasteiger charge is 1.86. The summed E-state index contributed by atoms with van der Waals surface area (Å²) in [6.45, 7) is 8.14. The van der Waals surface area contributed by atoms with Crippen LogP contribution in [-0.2, 0) is 0 Å². The number of rotatable bonds is 5. The van der Waals surface area contributed by atoms with Crippen LogP contribution >= 0.6 is 11.8 Å². The highest BCUT2D eigenvalue weighted by molar-refractivity contribution is 7.99. The molecule has 0 N–H and O–H groups in total. The molecular formula is C8H16S. The monoisotopic (exact) mass is 144 g/mol. The Kier molecular flexibility index (Phi) is 6.28. The van der Waals surface area contributed by atoms with Gasteiger partial charge in [-0.2, -0.15) is 11.8 Å². The average molecular weight is 144 g/mol. The molecule has 54 valence electrons. The van der Waals surface area contributed by atoms with Crippen molar-refractivity contribution in [2.24, 2.45) is 0 Å². The molecule has 0 nitrogen and oxygen atoms in total. The van der Waals surface area contributed by atoms with Gasteiger partial charge in [-0.15, -0.1) is 6.58 Å². The van der Waals surface area contributed by atoms with Gasteiger partial charge in [-0.25, -0.2) is 0 Å². The zero-order valence-corrected chi connectivity index (χ0v) is 7.26. The molecule has 1 heteroatoms. The van der Waals surface area contributed by atoms with Gasteiger partial charge in [0.15, 0.2) is 0 Å². The number of thioether (sulfide) groups is 1. The van der Waals surface area contributed by atoms with E-state index in [2.05, 4.69) is 20.4 Å². The van der Waals surface area contributed by atoms with Crippen molar-refractivity contribution in [2.45, 2.75) is 26.7 Å². The summed E-state index contributed by atoms with van der Waals surface area (Å²) in [4.78, 5) is 0. The summed E-state index contributed by atoms with van der Waals surface area (Å²) in [7, 11) is 0. The minimum absolute atomic E-state index is 1.20. The standard InChI is InChI=1S/C8H16S/c1-4-9-7-5-6-8(2)3/h2,4-7H2,1,3H3. The molecule has 0 rings (SSSR count). The maximum absolute atomic E-state index is 3.84. The Morgan fingerprint density at radius 1 is 1.56 bits per heavy atom. The Balaban J connectivity index is 2.83. The van der Waals surface area contributed by atoms with Crippen LogP contribution < -0.4 is 0 Å². The highest BCUT2D eigenvalue weighted by atomic mass is 32.2. The second kappa shape index (κ2) is 6.21. The van der Waals surface area contributed by atoms with E-state index in [0.29, 0.717) is 0 Å². The molecule has 0 aliphatic carbocycles. The van der Waals surface area contributed by atoms with Gasteiger partial charge in [0.1, 0.15) is 0 Å². The van der Waals surface area contributed by atoms with E-state index in [-0.39, 0.29) is 0 Å². The van der Waals surface area contributed by atoms with Gasteiger partial charge in [0, 0.05) is 0 Å². The third kappa shape index (κ3) is 8.09. The predicted molar refractivity (Wildman–Crippen MR) is 47.0 cm³/mol. The molecule has 0 spiro atoms. The fourth-order valence-corrected chi connectivity index (χ4v) is 1.26. The van der Waals surface area contributed by atoms with Gasteiger partial charge in [0.25, 0.3) is 0 Å². The molecule has 0 aromatic heterocycles. The lowest BCUT2D eigenvalue weighted by Crippen LogP contribution is -1.81. The first kappa shape index (κ1) is 9.09. The Hall–Kier alpha value is 0.0900. The molecule has 9 heavy (non-hydrogen) atoms. The molecule has 0 heterocycles. The molecular weight excluding hydrogens is 128 g/mol. The molecule has 0 saturated heterocycles. The van der Waals surface area contributed by atoms with Crippen LogP contribution in [0, 0.1) is 0 Å². The molecule has 0 aliphatic heterocycles. The van der Waals surface area contributed by atoms with Gasteiger partial charge >= 0.3 is 0 Å². The number of hydrogen-bond acceptors (Lipinski definition) is 1. The maximum Gasteiger partial charge on any atom is -0.00646 e. The number of hydrogen-bond donors (Lipinski definition) is 0. The molecule has 0 radical (unpaired) electrons. The Labute approximate surface area is 62.7 Å². The van der Waals surface area contributed by atoms with E-state index in [9.17, 15) is 0 Å². The Morgan fingerprint density at radius 2 is 2.22 bits per heavy atom. The summed E-state index contributed by atoms with van der Waals surface area (Å²) in [6.07, 6.45) is 2.50. The summed E-state index contributed by atoms with van der Waals surface area (Å²) in [6, 6.07) is 0. The van der Waals surface area contributed by atoms with Crippen molar-refractivity contribution in [3.8, 4) is 0 Å². The normalized spacial score (nSPS) is 9.56. The third-order valence-electron chi connectivity index (χ3n) is 1.10. The van der Waals surface area contributed by atoms with Crippen LogP contribution in [0.1, 0.15) is 26.7 Å². The zero-order valence-electron chi connectivity index (χ0n) is 6.44. The molecule has 0 aliphatic rings. The largest absolute Gasteiger partial charge is 0.162 e. The zero-order chi connectivity index (χ0) is 7.11. The van der Waals surface area contributed by atoms with Crippen LogP contribution in [0.4, 0.5) is 0 Å². The quantitative estimate of drug-likeness (QED) is 0.422. The van der Waals surface area contributed by atoms with Gasteiger partial charge in [-0.05, 0) is 31.3 Å². The van der Waals surface area contributed by atoms with E-state index in [1.165, 1.54) is 29.9 Å². The second-order valence-corrected chi connectivity index (χ2v) is 3.65. The predicted octanol–water partition coefficient (Wildman–Crippen LogP) is 3.10. The van der Waals surface area contributed by atoms with Crippen LogP contribution in [0.25, 0.3) is 0 Å². The minimum Gasteiger partial charge on any atom is -0.162 e. The van der Waals surface area contributed by atoms with Crippen LogP contribution in [-0.4, -0.2) is 11.5 Å². The lowest BCUT2D eigenvalue weighted by Gasteiger charge is -1.97. The lowest BCUT2D eigenvalue weighted by atomic mass is 10.2. The van der Waals surface area contributed by atoms with Gasteiger partial charge in [-0.1, -0.05) is 12.5 Å². The highest BCUT2D eigenvalue weighted by Crippen LogP contribution is 2.06. The molecule has 0 saturated carbocycles. The van der Waals surface area contributed by atoms with Crippen molar-refractivity contribution in [2.75, 3.05) is 11.5 Å². The lowest BCUT2D eigenvalue weighted by molar-refractivity contribution is 0.920. The first-order chi connectivity index (χ1) is 4.27. The van der Waals surface area contributed by atoms with Crippen molar-refractivity contribution >= 4 is 11.8 Å². The van der Waals surface area contributed by atoms with E-state index in [1.807, 2.05) is 11.8 Å². The van der Waals surface area contributed by atoms with Crippen molar-refractivity contribution in [1.82, 2.24) is 0 Å². The van der Waals surface area contributed by atoms with E-state index in [4.69, 9.17) is 0 Å². The molecule has 0 aromatic rings. The fraction of sp³-hybridized carbons (Fsp3) is 0.750. The van der Waals surface area contributed by atoms with E-state index < -0.39 is 0 Å². The summed E-state index contributed by atoms with van der Waals surface area (Å²) in [5.41, 5.74) is 1.31. The van der Waals surface area contributed by atoms with Crippen LogP contribution in [0.5, 0.6) is 0 Å². The van der Waals surface area contributed by atoms with Crippen LogP contribution in [0.2, 0.25) is 0 Å². The Morgan fingerprint density at radius 3 is 2.67 bits per heavy atom. The van der Waals surface area contributed by atoms with E-state index in [1.54, 1.807) is 0 Å². The molecule has 0 fully saturated rings. The van der Waals surface area contributed by atoms with Crippen molar-refractivity contribution in [3.63, 3.8) is 0 Å². The third-order valence-corrected chi connectivity index (χ3v) is 2.08. The van der Waals surface area contributed by atoms with Crippen molar-refractivity contribution < 1.29 is 0 Å². The molecule has 0 aromatic carbocycles. The molecule has 0 atom stereocenters. The van der Waals surface area contributed by atoms with E-state index >= 15 is 0 Å². The molecule has 0 bridgehead atoms. The minimum atomic E-state index is 1.20. The topological polar surface area (TPSA) is 0 Å². The van der Waals surface area contributed by atoms with Gasteiger partial charge in [0.05, 0.1) is 0 Å². The smallest absolute Gasteiger partial charge is 0.00646 e. The fourth-order valence-electron chi connectivity index (χ4n) is 0.620. The first-order valence-electron chi connectivity index (χ1n) is 3.49. The van der Waals surface area contributed by atoms with E-state index in [0.717, 1.165) is 0 Å². The second-order valence-electron chi connectivity index (χ2n) is 2.26. The van der Waals surface area contributed by atoms with Gasteiger partial charge in [-0.3, -0.25) is 0 Å². The average Bonchev–Trinajstić information content (AvgIpc) is 1.80. The van der Waals surface area contributed by atoms with Crippen molar-refractivity contribution in [1.29, 1.82) is 0 Å². The summed E-state index contributed by atoms with van der Waals surface area (Å²) < 4.78 is 0. The van der Waals surface area contributed by atoms with Crippen molar-refractivity contribution in [3.05, 3.63) is 12.2 Å². The van der Waals surface area contributed by atoms with Crippen LogP contribution in [0.15, 0.2) is 12.2 Å². The maximum atomic E-state index is 3.84. The summed E-state index contributed by atoms with van der Waals surface area (Å²) in [5, 5.41) is 0. The Bertz CT molecular complexity index is 76.6. The summed E-state index contributed by atoms with van der Waals surface area (Å²) >= 11 is 2.01. The first-order valence-corrected chi connectivity index (χ1v) is 4.65. The SMILES string of the molecule is C=C(C)CCCSCC. The summed E-state index contributed by atoms with van der Waals surface area (Å²) in [5.74, 6) is 2.54. The van der Waals surface area contributed by atoms with Crippen LogP contribution in [0.3, 0.4) is 0 Å². The van der Waals surface area contributed by atoms with Gasteiger partial charge < -0.3 is 0 Å². The number of allylic oxidation sites excluding steroid dienone is 1. The molecule has 0 unspecified atom stereocenters. The van der Waals surface area contributed by atoms with Gasteiger partial charge in [0.2, 0.25) is 0 Å².